The van der Waals surface area contributed by atoms with Gasteiger partial charge in [0.05, 0.1) is 5.56 Å². The summed E-state index contributed by atoms with van der Waals surface area (Å²) < 4.78 is 25.6. The lowest BCUT2D eigenvalue weighted by Crippen LogP contribution is -2.22. The number of halogens is 2. The molecule has 0 spiro atoms. The van der Waals surface area contributed by atoms with Gasteiger partial charge in [0.25, 0.3) is 5.56 Å². The quantitative estimate of drug-likeness (QED) is 0.759. The lowest BCUT2D eigenvalue weighted by Gasteiger charge is -2.00. The highest BCUT2D eigenvalue weighted by atomic mass is 19.2. The minimum Gasteiger partial charge on any atom is -0.313 e. The molecule has 0 aliphatic carbocycles. The maximum atomic E-state index is 12.9. The number of rotatable bonds is 1. The zero-order chi connectivity index (χ0) is 11.7. The van der Waals surface area contributed by atoms with E-state index in [2.05, 4.69) is 4.98 Å². The lowest BCUT2D eigenvalue weighted by atomic mass is 10.1. The summed E-state index contributed by atoms with van der Waals surface area (Å²) in [6.07, 6.45) is 1.15. The monoisotopic (exact) mass is 224 g/mol. The predicted molar refractivity (Wildman–Crippen MR) is 53.0 cm³/mol. The fraction of sp³-hybridized carbons (Fsp3) is 0. The molecule has 0 amide bonds. The number of hydrogen-bond donors (Lipinski definition) is 2. The first kappa shape index (κ1) is 10.3. The van der Waals surface area contributed by atoms with Crippen LogP contribution in [0.2, 0.25) is 0 Å². The number of nitrogens with one attached hydrogen (secondary N) is 2. The van der Waals surface area contributed by atoms with Crippen molar-refractivity contribution in [2.45, 2.75) is 0 Å². The van der Waals surface area contributed by atoms with Gasteiger partial charge in [0, 0.05) is 6.20 Å². The average molecular weight is 224 g/mol. The zero-order valence-corrected chi connectivity index (χ0v) is 7.88. The first-order chi connectivity index (χ1) is 7.58. The van der Waals surface area contributed by atoms with Crippen molar-refractivity contribution >= 4 is 0 Å². The highest BCUT2D eigenvalue weighted by molar-refractivity contribution is 5.61. The molecule has 2 aromatic rings. The van der Waals surface area contributed by atoms with Crippen LogP contribution in [0.15, 0.2) is 34.0 Å². The van der Waals surface area contributed by atoms with Crippen LogP contribution in [0.1, 0.15) is 0 Å². The van der Waals surface area contributed by atoms with E-state index in [0.717, 1.165) is 18.3 Å². The van der Waals surface area contributed by atoms with Crippen LogP contribution in [0, 0.1) is 11.6 Å². The van der Waals surface area contributed by atoms with E-state index in [1.54, 1.807) is 0 Å². The van der Waals surface area contributed by atoms with Gasteiger partial charge in [-0.3, -0.25) is 9.78 Å². The van der Waals surface area contributed by atoms with Crippen LogP contribution in [0.4, 0.5) is 8.78 Å². The van der Waals surface area contributed by atoms with Gasteiger partial charge < -0.3 is 4.98 Å². The summed E-state index contributed by atoms with van der Waals surface area (Å²) in [5.41, 5.74) is -1.05. The fourth-order valence-corrected chi connectivity index (χ4v) is 1.29. The molecular weight excluding hydrogens is 218 g/mol. The molecule has 1 aromatic carbocycles. The first-order valence-corrected chi connectivity index (χ1v) is 4.35. The lowest BCUT2D eigenvalue weighted by molar-refractivity contribution is 0.509. The number of hydrogen-bond acceptors (Lipinski definition) is 2. The SMILES string of the molecule is O=c1[nH]cc(-c2ccc(F)c(F)c2)c(=O)[nH]1. The minimum absolute atomic E-state index is 0.0681. The Kier molecular flexibility index (Phi) is 2.40. The van der Waals surface area contributed by atoms with Crippen molar-refractivity contribution in [3.63, 3.8) is 0 Å². The van der Waals surface area contributed by atoms with Crippen LogP contribution in [-0.2, 0) is 0 Å². The summed E-state index contributed by atoms with van der Waals surface area (Å²) in [5, 5.41) is 0. The number of aromatic amines is 2. The van der Waals surface area contributed by atoms with Gasteiger partial charge in [-0.15, -0.1) is 0 Å². The molecular formula is C10H6F2N2O2. The second kappa shape index (κ2) is 3.73. The topological polar surface area (TPSA) is 65.7 Å². The molecule has 0 saturated heterocycles. The molecule has 1 aromatic heterocycles. The van der Waals surface area contributed by atoms with Crippen LogP contribution in [0.25, 0.3) is 11.1 Å². The van der Waals surface area contributed by atoms with E-state index in [4.69, 9.17) is 0 Å². The number of benzene rings is 1. The standard InChI is InChI=1S/C10H6F2N2O2/c11-7-2-1-5(3-8(7)12)6-4-13-10(16)14-9(6)15/h1-4H,(H2,13,14,15,16). The van der Waals surface area contributed by atoms with Crippen molar-refractivity contribution in [1.29, 1.82) is 0 Å². The maximum Gasteiger partial charge on any atom is 0.325 e. The summed E-state index contributed by atoms with van der Waals surface area (Å²) in [4.78, 5) is 26.3. The van der Waals surface area contributed by atoms with Crippen LogP contribution in [0.3, 0.4) is 0 Å². The summed E-state index contributed by atoms with van der Waals surface area (Å²) in [6.45, 7) is 0. The normalized spacial score (nSPS) is 10.4. The summed E-state index contributed by atoms with van der Waals surface area (Å²) in [7, 11) is 0. The molecule has 0 atom stereocenters. The zero-order valence-electron chi connectivity index (χ0n) is 7.88. The maximum absolute atomic E-state index is 12.9. The van der Waals surface area contributed by atoms with E-state index in [-0.39, 0.29) is 11.1 Å². The van der Waals surface area contributed by atoms with Crippen molar-refractivity contribution in [3.05, 3.63) is 56.9 Å². The summed E-state index contributed by atoms with van der Waals surface area (Å²) >= 11 is 0. The highest BCUT2D eigenvalue weighted by Gasteiger charge is 2.07. The molecule has 0 saturated carbocycles. The molecule has 0 unspecified atom stereocenters. The van der Waals surface area contributed by atoms with E-state index in [1.807, 2.05) is 4.98 Å². The molecule has 4 nitrogen and oxygen atoms in total. The van der Waals surface area contributed by atoms with E-state index < -0.39 is 22.9 Å². The third kappa shape index (κ3) is 1.77. The largest absolute Gasteiger partial charge is 0.325 e. The first-order valence-electron chi connectivity index (χ1n) is 4.35. The third-order valence-corrected chi connectivity index (χ3v) is 2.05. The molecule has 2 rings (SSSR count). The van der Waals surface area contributed by atoms with E-state index in [0.29, 0.717) is 0 Å². The van der Waals surface area contributed by atoms with Gasteiger partial charge in [-0.25, -0.2) is 13.6 Å². The molecule has 0 fully saturated rings. The number of H-pyrrole nitrogens is 2. The fourth-order valence-electron chi connectivity index (χ4n) is 1.29. The summed E-state index contributed by atoms with van der Waals surface area (Å²) in [5.74, 6) is -2.05. The molecule has 0 bridgehead atoms. The Morgan fingerprint density at radius 2 is 1.81 bits per heavy atom. The van der Waals surface area contributed by atoms with Gasteiger partial charge in [-0.1, -0.05) is 6.07 Å². The molecule has 16 heavy (non-hydrogen) atoms. The molecule has 2 N–H and O–H groups in total. The van der Waals surface area contributed by atoms with Gasteiger partial charge in [-0.2, -0.15) is 0 Å². The van der Waals surface area contributed by atoms with Gasteiger partial charge >= 0.3 is 5.69 Å². The van der Waals surface area contributed by atoms with E-state index >= 15 is 0 Å². The third-order valence-electron chi connectivity index (χ3n) is 2.05. The Morgan fingerprint density at radius 3 is 2.44 bits per heavy atom. The second-order valence-electron chi connectivity index (χ2n) is 3.11. The Balaban J connectivity index is 2.63. The van der Waals surface area contributed by atoms with Crippen LogP contribution in [-0.4, -0.2) is 9.97 Å². The van der Waals surface area contributed by atoms with E-state index in [1.165, 1.54) is 6.07 Å². The molecule has 0 radical (unpaired) electrons. The van der Waals surface area contributed by atoms with Crippen LogP contribution < -0.4 is 11.2 Å². The molecule has 0 aliphatic heterocycles. The van der Waals surface area contributed by atoms with Crippen LogP contribution in [0.5, 0.6) is 0 Å². The average Bonchev–Trinajstić information content (AvgIpc) is 2.22. The predicted octanol–water partition coefficient (Wildman–Crippen LogP) is 1.01. The molecule has 82 valence electrons. The Bertz CT molecular complexity index is 646. The van der Waals surface area contributed by atoms with Crippen molar-refractivity contribution in [2.75, 3.05) is 0 Å². The van der Waals surface area contributed by atoms with Crippen LogP contribution >= 0.6 is 0 Å². The van der Waals surface area contributed by atoms with Gasteiger partial charge in [0.1, 0.15) is 0 Å². The van der Waals surface area contributed by atoms with Gasteiger partial charge in [0.15, 0.2) is 11.6 Å². The Labute approximate surface area is 87.6 Å². The Morgan fingerprint density at radius 1 is 1.06 bits per heavy atom. The Hall–Kier alpha value is -2.24. The smallest absolute Gasteiger partial charge is 0.313 e. The van der Waals surface area contributed by atoms with Crippen molar-refractivity contribution in [3.8, 4) is 11.1 Å². The minimum atomic E-state index is -1.05. The van der Waals surface area contributed by atoms with Gasteiger partial charge in [-0.05, 0) is 17.7 Å². The second-order valence-corrected chi connectivity index (χ2v) is 3.11. The van der Waals surface area contributed by atoms with Crippen molar-refractivity contribution in [2.24, 2.45) is 0 Å². The molecule has 0 aliphatic rings. The van der Waals surface area contributed by atoms with E-state index in [9.17, 15) is 18.4 Å². The molecule has 6 heteroatoms. The van der Waals surface area contributed by atoms with Crippen molar-refractivity contribution in [1.82, 2.24) is 9.97 Å². The van der Waals surface area contributed by atoms with Gasteiger partial charge in [0.2, 0.25) is 0 Å². The van der Waals surface area contributed by atoms with Crippen molar-refractivity contribution < 1.29 is 8.78 Å². The number of aromatic nitrogens is 2. The summed E-state index contributed by atoms with van der Waals surface area (Å²) in [6, 6.07) is 3.05. The highest BCUT2D eigenvalue weighted by Crippen LogP contribution is 2.16. The molecule has 1 heterocycles.